The van der Waals surface area contributed by atoms with Crippen molar-refractivity contribution in [2.24, 2.45) is 0 Å². The molecule has 2 rings (SSSR count). The van der Waals surface area contributed by atoms with E-state index in [4.69, 9.17) is 4.74 Å². The molecule has 0 fully saturated rings. The lowest BCUT2D eigenvalue weighted by atomic mass is 10.1. The van der Waals surface area contributed by atoms with Crippen molar-refractivity contribution >= 4 is 16.7 Å². The molecule has 3 nitrogen and oxygen atoms in total. The van der Waals surface area contributed by atoms with Crippen molar-refractivity contribution in [2.75, 3.05) is 0 Å². The van der Waals surface area contributed by atoms with Crippen molar-refractivity contribution in [3.63, 3.8) is 0 Å². The van der Waals surface area contributed by atoms with E-state index in [1.807, 2.05) is 36.4 Å². The smallest absolute Gasteiger partial charge is 0.135 e. The van der Waals surface area contributed by atoms with E-state index in [0.29, 0.717) is 5.75 Å². The number of benzene rings is 2. The maximum atomic E-state index is 10.5. The molecule has 0 saturated heterocycles. The van der Waals surface area contributed by atoms with Gasteiger partial charge in [-0.25, -0.2) is 0 Å². The van der Waals surface area contributed by atoms with E-state index in [0.717, 1.165) is 10.8 Å². The molecule has 0 aliphatic rings. The molecular formula is C13H11O3-. The van der Waals surface area contributed by atoms with E-state index >= 15 is 0 Å². The summed E-state index contributed by atoms with van der Waals surface area (Å²) < 4.78 is 5.22. The minimum absolute atomic E-state index is 0.537. The number of hydrogen-bond acceptors (Lipinski definition) is 3. The molecule has 0 amide bonds. The molecule has 0 aliphatic carbocycles. The Hall–Kier alpha value is -2.03. The lowest BCUT2D eigenvalue weighted by Gasteiger charge is -2.15. The van der Waals surface area contributed by atoms with Gasteiger partial charge in [0, 0.05) is 0 Å². The van der Waals surface area contributed by atoms with Crippen molar-refractivity contribution < 1.29 is 14.6 Å². The third-order valence-electron chi connectivity index (χ3n) is 2.37. The first kappa shape index (κ1) is 10.5. The lowest BCUT2D eigenvalue weighted by molar-refractivity contribution is -0.312. The fourth-order valence-corrected chi connectivity index (χ4v) is 1.49. The molecule has 1 atom stereocenters. The summed E-state index contributed by atoms with van der Waals surface area (Å²) in [5, 5.41) is 12.6. The SMILES string of the molecule is C[C@H](Oc1ccc2ccccc2c1)C(=O)[O-]. The minimum Gasteiger partial charge on any atom is -0.546 e. The van der Waals surface area contributed by atoms with E-state index in [1.54, 1.807) is 6.07 Å². The Balaban J connectivity index is 2.29. The zero-order valence-electron chi connectivity index (χ0n) is 8.84. The van der Waals surface area contributed by atoms with Crippen LogP contribution in [-0.2, 0) is 4.79 Å². The largest absolute Gasteiger partial charge is 0.546 e. The average Bonchev–Trinajstić information content (AvgIpc) is 2.28. The van der Waals surface area contributed by atoms with Crippen molar-refractivity contribution in [3.8, 4) is 5.75 Å². The average molecular weight is 215 g/mol. The fourth-order valence-electron chi connectivity index (χ4n) is 1.49. The molecule has 82 valence electrons. The quantitative estimate of drug-likeness (QED) is 0.776. The topological polar surface area (TPSA) is 49.4 Å². The molecule has 0 unspecified atom stereocenters. The van der Waals surface area contributed by atoms with Gasteiger partial charge in [-0.2, -0.15) is 0 Å². The van der Waals surface area contributed by atoms with E-state index in [9.17, 15) is 9.90 Å². The van der Waals surface area contributed by atoms with Crippen LogP contribution in [0.5, 0.6) is 5.75 Å². The van der Waals surface area contributed by atoms with Crippen molar-refractivity contribution in [1.29, 1.82) is 0 Å². The third kappa shape index (κ3) is 2.14. The van der Waals surface area contributed by atoms with E-state index < -0.39 is 12.1 Å². The van der Waals surface area contributed by atoms with Crippen LogP contribution in [0, 0.1) is 0 Å². The third-order valence-corrected chi connectivity index (χ3v) is 2.37. The van der Waals surface area contributed by atoms with Crippen LogP contribution in [-0.4, -0.2) is 12.1 Å². The number of aliphatic carboxylic acids is 1. The number of carboxylic acid groups (broad SMARTS) is 1. The Kier molecular flexibility index (Phi) is 2.77. The van der Waals surface area contributed by atoms with Crippen molar-refractivity contribution in [2.45, 2.75) is 13.0 Å². The molecule has 0 bridgehead atoms. The van der Waals surface area contributed by atoms with E-state index in [2.05, 4.69) is 0 Å². The predicted molar refractivity (Wildman–Crippen MR) is 59.0 cm³/mol. The molecule has 0 heterocycles. The maximum Gasteiger partial charge on any atom is 0.135 e. The second-order valence-corrected chi connectivity index (χ2v) is 3.59. The van der Waals surface area contributed by atoms with E-state index in [-0.39, 0.29) is 0 Å². The van der Waals surface area contributed by atoms with Gasteiger partial charge in [0.15, 0.2) is 0 Å². The molecule has 2 aromatic rings. The van der Waals surface area contributed by atoms with Crippen LogP contribution in [0.1, 0.15) is 6.92 Å². The second kappa shape index (κ2) is 4.23. The highest BCUT2D eigenvalue weighted by atomic mass is 16.5. The number of ether oxygens (including phenoxy) is 1. The van der Waals surface area contributed by atoms with Gasteiger partial charge in [0.1, 0.15) is 11.9 Å². The first-order valence-electron chi connectivity index (χ1n) is 5.03. The molecule has 0 spiro atoms. The van der Waals surface area contributed by atoms with Crippen molar-refractivity contribution in [3.05, 3.63) is 42.5 Å². The summed E-state index contributed by atoms with van der Waals surface area (Å²) in [4.78, 5) is 10.5. The molecular weight excluding hydrogens is 204 g/mol. The van der Waals surface area contributed by atoms with Gasteiger partial charge in [0.2, 0.25) is 0 Å². The number of hydrogen-bond donors (Lipinski definition) is 0. The van der Waals surface area contributed by atoms with Crippen LogP contribution in [0.4, 0.5) is 0 Å². The number of carboxylic acids is 1. The lowest BCUT2D eigenvalue weighted by Crippen LogP contribution is -2.37. The highest BCUT2D eigenvalue weighted by Crippen LogP contribution is 2.21. The highest BCUT2D eigenvalue weighted by molar-refractivity contribution is 5.83. The van der Waals surface area contributed by atoms with Gasteiger partial charge in [0.05, 0.1) is 5.97 Å². The number of fused-ring (bicyclic) bond motifs is 1. The summed E-state index contributed by atoms with van der Waals surface area (Å²) in [5.74, 6) is -0.677. The van der Waals surface area contributed by atoms with Gasteiger partial charge in [0.25, 0.3) is 0 Å². The monoisotopic (exact) mass is 215 g/mol. The molecule has 16 heavy (non-hydrogen) atoms. The molecule has 0 radical (unpaired) electrons. The first-order chi connectivity index (χ1) is 7.66. The predicted octanol–water partition coefficient (Wildman–Crippen LogP) is 1.36. The van der Waals surface area contributed by atoms with Gasteiger partial charge in [-0.05, 0) is 29.8 Å². The summed E-state index contributed by atoms with van der Waals surface area (Å²) in [6, 6.07) is 13.3. The van der Waals surface area contributed by atoms with Crippen LogP contribution in [0.25, 0.3) is 10.8 Å². The van der Waals surface area contributed by atoms with Crippen LogP contribution in [0.2, 0.25) is 0 Å². The summed E-state index contributed by atoms with van der Waals surface area (Å²) in [7, 11) is 0. The van der Waals surface area contributed by atoms with Crippen LogP contribution in [0.15, 0.2) is 42.5 Å². The summed E-state index contributed by atoms with van der Waals surface area (Å²) in [6.07, 6.45) is -0.943. The summed E-state index contributed by atoms with van der Waals surface area (Å²) in [5.41, 5.74) is 0. The molecule has 0 saturated carbocycles. The van der Waals surface area contributed by atoms with E-state index in [1.165, 1.54) is 6.92 Å². The Bertz CT molecular complexity index is 519. The van der Waals surface area contributed by atoms with Crippen LogP contribution in [0.3, 0.4) is 0 Å². The van der Waals surface area contributed by atoms with Crippen LogP contribution < -0.4 is 9.84 Å². The second-order valence-electron chi connectivity index (χ2n) is 3.59. The molecule has 0 aromatic heterocycles. The summed E-state index contributed by atoms with van der Waals surface area (Å²) >= 11 is 0. The Morgan fingerprint density at radius 2 is 1.88 bits per heavy atom. The van der Waals surface area contributed by atoms with Gasteiger partial charge in [-0.3, -0.25) is 0 Å². The highest BCUT2D eigenvalue weighted by Gasteiger charge is 2.04. The van der Waals surface area contributed by atoms with Gasteiger partial charge >= 0.3 is 0 Å². The van der Waals surface area contributed by atoms with Crippen molar-refractivity contribution in [1.82, 2.24) is 0 Å². The normalized spacial score (nSPS) is 12.3. The summed E-state index contributed by atoms with van der Waals surface area (Å²) in [6.45, 7) is 1.45. The Labute approximate surface area is 93.3 Å². The minimum atomic E-state index is -1.21. The number of carbonyl (C=O) groups is 1. The molecule has 0 aliphatic heterocycles. The zero-order valence-corrected chi connectivity index (χ0v) is 8.84. The molecule has 0 N–H and O–H groups in total. The zero-order chi connectivity index (χ0) is 11.5. The molecule has 3 heteroatoms. The maximum absolute atomic E-state index is 10.5. The number of carbonyl (C=O) groups excluding carboxylic acids is 1. The molecule has 2 aromatic carbocycles. The van der Waals surface area contributed by atoms with Gasteiger partial charge in [-0.15, -0.1) is 0 Å². The first-order valence-corrected chi connectivity index (χ1v) is 5.03. The van der Waals surface area contributed by atoms with Crippen LogP contribution >= 0.6 is 0 Å². The van der Waals surface area contributed by atoms with Gasteiger partial charge < -0.3 is 14.6 Å². The number of rotatable bonds is 3. The standard InChI is InChI=1S/C13H12O3/c1-9(13(14)15)16-12-7-6-10-4-2-3-5-11(10)8-12/h2-9H,1H3,(H,14,15)/p-1/t9-/m0/s1. The fraction of sp³-hybridized carbons (Fsp3) is 0.154. The Morgan fingerprint density at radius 3 is 2.56 bits per heavy atom. The van der Waals surface area contributed by atoms with Gasteiger partial charge in [-0.1, -0.05) is 30.3 Å². The Morgan fingerprint density at radius 1 is 1.19 bits per heavy atom.